The van der Waals surface area contributed by atoms with Gasteiger partial charge in [0.05, 0.1) is 0 Å². The quantitative estimate of drug-likeness (QED) is 0.747. The summed E-state index contributed by atoms with van der Waals surface area (Å²) >= 11 is 2.01. The van der Waals surface area contributed by atoms with E-state index in [-0.39, 0.29) is 5.56 Å². The molecule has 1 aliphatic rings. The molecule has 0 atom stereocenters. The minimum absolute atomic E-state index is 0.0823. The molecule has 0 N–H and O–H groups in total. The number of hydrogen-bond donors (Lipinski definition) is 0. The molecule has 1 aliphatic heterocycles. The lowest BCUT2D eigenvalue weighted by Gasteiger charge is -2.26. The highest BCUT2D eigenvalue weighted by atomic mass is 32.2. The van der Waals surface area contributed by atoms with Crippen LogP contribution in [0.1, 0.15) is 5.56 Å². The van der Waals surface area contributed by atoms with E-state index in [9.17, 15) is 4.79 Å². The van der Waals surface area contributed by atoms with Crippen molar-refractivity contribution >= 4 is 11.8 Å². The highest BCUT2D eigenvalue weighted by Crippen LogP contribution is 2.11. The van der Waals surface area contributed by atoms with Crippen LogP contribution in [-0.2, 0) is 13.6 Å². The Morgan fingerprint density at radius 2 is 2.13 bits per heavy atom. The maximum absolute atomic E-state index is 11.4. The smallest absolute Gasteiger partial charge is 0.250 e. The van der Waals surface area contributed by atoms with Crippen LogP contribution in [0.15, 0.2) is 23.1 Å². The summed E-state index contributed by atoms with van der Waals surface area (Å²) in [5, 5.41) is 0. The Hall–Kier alpha value is -0.740. The molecule has 0 aromatic carbocycles. The molecule has 15 heavy (non-hydrogen) atoms. The standard InChI is InChI=1S/C11H16N2OS/c1-12-3-2-10(8-11(12)14)9-13-4-6-15-7-5-13/h2-3,8H,4-7,9H2,1H3. The van der Waals surface area contributed by atoms with Gasteiger partial charge in [0.25, 0.3) is 5.56 Å². The molecule has 1 aromatic heterocycles. The van der Waals surface area contributed by atoms with Crippen molar-refractivity contribution in [2.24, 2.45) is 7.05 Å². The fourth-order valence-electron chi connectivity index (χ4n) is 1.71. The van der Waals surface area contributed by atoms with Gasteiger partial charge < -0.3 is 4.57 Å². The minimum atomic E-state index is 0.0823. The first-order chi connectivity index (χ1) is 7.25. The van der Waals surface area contributed by atoms with Crippen LogP contribution in [0.3, 0.4) is 0 Å². The molecular weight excluding hydrogens is 208 g/mol. The Morgan fingerprint density at radius 3 is 2.80 bits per heavy atom. The van der Waals surface area contributed by atoms with Gasteiger partial charge in [-0.15, -0.1) is 0 Å². The number of aryl methyl sites for hydroxylation is 1. The van der Waals surface area contributed by atoms with Crippen LogP contribution >= 0.6 is 11.8 Å². The summed E-state index contributed by atoms with van der Waals surface area (Å²) < 4.78 is 1.61. The number of rotatable bonds is 2. The molecule has 0 saturated carbocycles. The molecule has 2 rings (SSSR count). The Morgan fingerprint density at radius 1 is 1.40 bits per heavy atom. The van der Waals surface area contributed by atoms with E-state index in [1.165, 1.54) is 11.5 Å². The fraction of sp³-hybridized carbons (Fsp3) is 0.545. The Labute approximate surface area is 94.1 Å². The van der Waals surface area contributed by atoms with E-state index in [1.807, 2.05) is 24.0 Å². The summed E-state index contributed by atoms with van der Waals surface area (Å²) in [6, 6.07) is 3.77. The predicted molar refractivity (Wildman–Crippen MR) is 64.3 cm³/mol. The van der Waals surface area contributed by atoms with Crippen molar-refractivity contribution in [3.05, 3.63) is 34.2 Å². The molecule has 0 bridgehead atoms. The van der Waals surface area contributed by atoms with E-state index in [0.717, 1.165) is 25.2 Å². The Kier molecular flexibility index (Phi) is 3.49. The summed E-state index contributed by atoms with van der Waals surface area (Å²) in [4.78, 5) is 13.8. The molecule has 1 aromatic rings. The maximum atomic E-state index is 11.4. The predicted octanol–water partition coefficient (Wildman–Crippen LogP) is 0.934. The van der Waals surface area contributed by atoms with Crippen LogP contribution in [0.25, 0.3) is 0 Å². The van der Waals surface area contributed by atoms with Crippen LogP contribution in [0, 0.1) is 0 Å². The summed E-state index contributed by atoms with van der Waals surface area (Å²) in [6.07, 6.45) is 1.84. The average Bonchev–Trinajstić information content (AvgIpc) is 2.25. The molecule has 2 heterocycles. The van der Waals surface area contributed by atoms with Crippen molar-refractivity contribution in [2.75, 3.05) is 24.6 Å². The fourth-order valence-corrected chi connectivity index (χ4v) is 2.68. The zero-order valence-corrected chi connectivity index (χ0v) is 9.80. The van der Waals surface area contributed by atoms with Crippen molar-refractivity contribution < 1.29 is 0 Å². The summed E-state index contributed by atoms with van der Waals surface area (Å²) in [6.45, 7) is 3.19. The van der Waals surface area contributed by atoms with E-state index >= 15 is 0 Å². The number of pyridine rings is 1. The van der Waals surface area contributed by atoms with Gasteiger partial charge in [-0.1, -0.05) is 0 Å². The lowest BCUT2D eigenvalue weighted by atomic mass is 10.2. The normalized spacial score (nSPS) is 17.9. The van der Waals surface area contributed by atoms with Gasteiger partial charge in [-0.3, -0.25) is 9.69 Å². The second kappa shape index (κ2) is 4.86. The molecule has 82 valence electrons. The SMILES string of the molecule is Cn1ccc(CN2CCSCC2)cc1=O. The molecule has 0 amide bonds. The Bertz CT molecular complexity index is 382. The van der Waals surface area contributed by atoms with Gasteiger partial charge in [-0.25, -0.2) is 0 Å². The molecule has 1 saturated heterocycles. The first kappa shape index (κ1) is 10.8. The van der Waals surface area contributed by atoms with Crippen molar-refractivity contribution in [1.82, 2.24) is 9.47 Å². The molecule has 0 spiro atoms. The average molecular weight is 224 g/mol. The van der Waals surface area contributed by atoms with Gasteiger partial charge in [0.2, 0.25) is 0 Å². The highest BCUT2D eigenvalue weighted by molar-refractivity contribution is 7.99. The molecule has 3 nitrogen and oxygen atoms in total. The summed E-state index contributed by atoms with van der Waals surface area (Å²) in [5.41, 5.74) is 1.21. The van der Waals surface area contributed by atoms with Crippen molar-refractivity contribution in [3.63, 3.8) is 0 Å². The Balaban J connectivity index is 2.03. The van der Waals surface area contributed by atoms with Gasteiger partial charge in [-0.2, -0.15) is 11.8 Å². The first-order valence-corrected chi connectivity index (χ1v) is 6.37. The van der Waals surface area contributed by atoms with E-state index in [4.69, 9.17) is 0 Å². The van der Waals surface area contributed by atoms with Gasteiger partial charge in [0, 0.05) is 50.5 Å². The van der Waals surface area contributed by atoms with Gasteiger partial charge in [0.1, 0.15) is 0 Å². The highest BCUT2D eigenvalue weighted by Gasteiger charge is 2.10. The topological polar surface area (TPSA) is 25.2 Å². The lowest BCUT2D eigenvalue weighted by molar-refractivity contribution is 0.294. The molecule has 0 unspecified atom stereocenters. The lowest BCUT2D eigenvalue weighted by Crippen LogP contribution is -2.32. The number of nitrogens with zero attached hydrogens (tertiary/aromatic N) is 2. The minimum Gasteiger partial charge on any atom is -0.319 e. The molecular formula is C11H16N2OS. The second-order valence-electron chi connectivity index (χ2n) is 3.87. The molecule has 1 fully saturated rings. The van der Waals surface area contributed by atoms with Crippen molar-refractivity contribution in [3.8, 4) is 0 Å². The van der Waals surface area contributed by atoms with Crippen LogP contribution in [0.5, 0.6) is 0 Å². The van der Waals surface area contributed by atoms with Crippen LogP contribution in [-0.4, -0.2) is 34.1 Å². The van der Waals surface area contributed by atoms with Crippen molar-refractivity contribution in [2.45, 2.75) is 6.54 Å². The molecule has 4 heteroatoms. The van der Waals surface area contributed by atoms with Gasteiger partial charge in [-0.05, 0) is 11.6 Å². The zero-order valence-electron chi connectivity index (χ0n) is 8.98. The second-order valence-corrected chi connectivity index (χ2v) is 5.10. The molecule has 0 radical (unpaired) electrons. The van der Waals surface area contributed by atoms with Crippen LogP contribution in [0.2, 0.25) is 0 Å². The molecule has 0 aliphatic carbocycles. The third-order valence-corrected chi connectivity index (χ3v) is 3.62. The third kappa shape index (κ3) is 2.86. The van der Waals surface area contributed by atoms with E-state index in [1.54, 1.807) is 17.7 Å². The maximum Gasteiger partial charge on any atom is 0.250 e. The summed E-state index contributed by atoms with van der Waals surface area (Å²) in [7, 11) is 1.78. The van der Waals surface area contributed by atoms with E-state index in [2.05, 4.69) is 4.90 Å². The van der Waals surface area contributed by atoms with Gasteiger partial charge >= 0.3 is 0 Å². The third-order valence-electron chi connectivity index (χ3n) is 2.68. The number of hydrogen-bond acceptors (Lipinski definition) is 3. The van der Waals surface area contributed by atoms with Crippen molar-refractivity contribution in [1.29, 1.82) is 0 Å². The number of aromatic nitrogens is 1. The van der Waals surface area contributed by atoms with Crippen LogP contribution in [0.4, 0.5) is 0 Å². The monoisotopic (exact) mass is 224 g/mol. The largest absolute Gasteiger partial charge is 0.319 e. The number of thioether (sulfide) groups is 1. The van der Waals surface area contributed by atoms with E-state index < -0.39 is 0 Å². The van der Waals surface area contributed by atoms with Gasteiger partial charge in [0.15, 0.2) is 0 Å². The summed E-state index contributed by atoms with van der Waals surface area (Å²) in [5.74, 6) is 2.43. The van der Waals surface area contributed by atoms with E-state index in [0.29, 0.717) is 0 Å². The first-order valence-electron chi connectivity index (χ1n) is 5.21. The van der Waals surface area contributed by atoms with Crippen LogP contribution < -0.4 is 5.56 Å². The zero-order chi connectivity index (χ0) is 10.7.